The molecule has 0 bridgehead atoms. The highest BCUT2D eigenvalue weighted by Gasteiger charge is 2.37. The molecule has 1 fully saturated rings. The van der Waals surface area contributed by atoms with Crippen molar-refractivity contribution in [1.82, 2.24) is 9.55 Å². The Balaban J connectivity index is 2.08. The molecule has 0 aromatic carbocycles. The summed E-state index contributed by atoms with van der Waals surface area (Å²) >= 11 is 0. The van der Waals surface area contributed by atoms with Gasteiger partial charge >= 0.3 is 5.69 Å². The average molecular weight is 529 g/mol. The zero-order valence-corrected chi connectivity index (χ0v) is 19.4. The number of ether oxygens (including phenoxy) is 1. The molecule has 0 aliphatic carbocycles. The molecule has 0 radical (unpaired) electrons. The van der Waals surface area contributed by atoms with Gasteiger partial charge in [0.25, 0.3) is 7.82 Å². The van der Waals surface area contributed by atoms with Crippen molar-refractivity contribution >= 4 is 28.8 Å². The highest BCUT2D eigenvalue weighted by atomic mass is 31.3. The molecule has 6 atom stereocenters. The van der Waals surface area contributed by atoms with Gasteiger partial charge in [0.2, 0.25) is 0 Å². The fourth-order valence-electron chi connectivity index (χ4n) is 2.64. The lowest BCUT2D eigenvalue weighted by Crippen LogP contribution is -2.29. The molecule has 0 saturated carbocycles. The summed E-state index contributed by atoms with van der Waals surface area (Å²) in [6.45, 7) is -0.641. The Labute approximate surface area is 186 Å². The van der Waals surface area contributed by atoms with Crippen molar-refractivity contribution in [2.24, 2.45) is 5.73 Å². The Morgan fingerprint density at radius 1 is 1.33 bits per heavy atom. The molecule has 33 heavy (non-hydrogen) atoms. The smallest absolute Gasteiger partial charge is 0.351 e. The van der Waals surface area contributed by atoms with Crippen LogP contribution in [0.25, 0.3) is 0 Å². The van der Waals surface area contributed by atoms with E-state index in [1.54, 1.807) is 0 Å². The van der Waals surface area contributed by atoms with E-state index in [-0.39, 0.29) is 17.8 Å². The highest BCUT2D eigenvalue weighted by molar-refractivity contribution is 7.72. The largest absolute Gasteiger partial charge is 0.778 e. The summed E-state index contributed by atoms with van der Waals surface area (Å²) in [6.07, 6.45) is -2.45. The van der Waals surface area contributed by atoms with Crippen LogP contribution in [0.15, 0.2) is 11.0 Å². The topological polar surface area (TPSA) is 275 Å². The maximum Gasteiger partial charge on any atom is 0.351 e. The maximum atomic E-state index is 12.2. The average Bonchev–Trinajstić information content (AvgIpc) is 2.99. The number of phosphoric ester groups is 1. The minimum absolute atomic E-state index is 0.142. The zero-order chi connectivity index (χ0) is 25.0. The molecule has 1 aromatic rings. The number of nitrogen functional groups attached to an aromatic ring is 1. The third kappa shape index (κ3) is 8.70. The maximum absolute atomic E-state index is 12.2. The van der Waals surface area contributed by atoms with Crippen LogP contribution in [-0.4, -0.2) is 50.8 Å². The second kappa shape index (κ2) is 10.9. The summed E-state index contributed by atoms with van der Waals surface area (Å²) in [5.74, 6) is 3.28. The number of phosphoric acid groups is 1. The molecule has 0 spiro atoms. The predicted octanol–water partition coefficient (Wildman–Crippen LogP) is -3.27. The Kier molecular flexibility index (Phi) is 9.17. The van der Waals surface area contributed by atoms with Crippen LogP contribution in [0.1, 0.15) is 24.6 Å². The molecule has 1 saturated heterocycles. The molecule has 16 nitrogen and oxygen atoms in total. The Bertz CT molecular complexity index is 1120. The molecular weight excluding hydrogens is 509 g/mol. The van der Waals surface area contributed by atoms with E-state index in [0.717, 1.165) is 4.57 Å². The molecule has 1 aliphatic heterocycles. The number of aliphatic hydroxyl groups is 1. The lowest BCUT2D eigenvalue weighted by Gasteiger charge is -2.33. The monoisotopic (exact) mass is 529 g/mol. The number of hydrogen-bond acceptors (Lipinski definition) is 14. The number of aliphatic hydroxyl groups excluding tert-OH is 1. The fourth-order valence-corrected chi connectivity index (χ4v) is 6.79. The first-order chi connectivity index (χ1) is 15.1. The molecular formula is C14H20N4O12P3-3. The van der Waals surface area contributed by atoms with Crippen LogP contribution in [0.3, 0.4) is 0 Å². The highest BCUT2D eigenvalue weighted by Crippen LogP contribution is 2.60. The van der Waals surface area contributed by atoms with Gasteiger partial charge < -0.3 is 54.5 Å². The van der Waals surface area contributed by atoms with E-state index in [9.17, 15) is 38.3 Å². The second-order valence-electron chi connectivity index (χ2n) is 6.72. The summed E-state index contributed by atoms with van der Waals surface area (Å²) < 4.78 is 48.2. The van der Waals surface area contributed by atoms with Crippen molar-refractivity contribution in [2.75, 3.05) is 24.8 Å². The van der Waals surface area contributed by atoms with Gasteiger partial charge in [-0.05, 0) is 0 Å². The Hall–Kier alpha value is -1.43. The van der Waals surface area contributed by atoms with Crippen molar-refractivity contribution in [1.29, 1.82) is 0 Å². The first-order valence-electron chi connectivity index (χ1n) is 9.03. The molecule has 186 valence electrons. The van der Waals surface area contributed by atoms with E-state index in [0.29, 0.717) is 13.0 Å². The molecule has 2 heterocycles. The van der Waals surface area contributed by atoms with E-state index in [1.165, 1.54) is 6.20 Å². The van der Waals surface area contributed by atoms with E-state index in [4.69, 9.17) is 21.1 Å². The van der Waals surface area contributed by atoms with Crippen LogP contribution in [0.2, 0.25) is 0 Å². The molecule has 1 aliphatic rings. The number of aromatic nitrogens is 2. The van der Waals surface area contributed by atoms with Crippen molar-refractivity contribution in [3.05, 3.63) is 22.2 Å². The predicted molar refractivity (Wildman–Crippen MR) is 105 cm³/mol. The quantitative estimate of drug-likeness (QED) is 0.180. The fraction of sp³-hybridized carbons (Fsp3) is 0.571. The van der Waals surface area contributed by atoms with Gasteiger partial charge in [-0.1, -0.05) is 11.8 Å². The Morgan fingerprint density at radius 2 is 2.00 bits per heavy atom. The van der Waals surface area contributed by atoms with Gasteiger partial charge in [0.15, 0.2) is 7.60 Å². The summed E-state index contributed by atoms with van der Waals surface area (Å²) in [6, 6.07) is 0. The minimum Gasteiger partial charge on any atom is -0.778 e. The zero-order valence-electron chi connectivity index (χ0n) is 16.7. The first kappa shape index (κ1) is 27.8. The molecule has 6 N–H and O–H groups in total. The lowest BCUT2D eigenvalue weighted by atomic mass is 10.2. The van der Waals surface area contributed by atoms with Crippen LogP contribution < -0.4 is 31.8 Å². The summed E-state index contributed by atoms with van der Waals surface area (Å²) in [5, 5.41) is 10.1. The number of nitrogens with zero attached hydrogens (tertiary/aromatic N) is 2. The number of rotatable bonds is 9. The van der Waals surface area contributed by atoms with Gasteiger partial charge in [0, 0.05) is 25.6 Å². The number of anilines is 1. The second-order valence-corrected chi connectivity index (χ2v) is 12.2. The SMILES string of the molecule is NCCC#Cc1cn([C@H]2C[C@H](O)[C@@H](COP(=O)([O-])OP(=O)([O-])CP(=O)([O-])O)O2)c(=O)nc1N. The van der Waals surface area contributed by atoms with Gasteiger partial charge in [-0.3, -0.25) is 13.4 Å². The minimum atomic E-state index is -5.62. The first-order valence-corrected chi connectivity index (χ1v) is 14.0. The van der Waals surface area contributed by atoms with Gasteiger partial charge in [0.05, 0.1) is 24.2 Å². The van der Waals surface area contributed by atoms with Crippen molar-refractivity contribution < 1.29 is 51.9 Å². The Morgan fingerprint density at radius 3 is 2.61 bits per heavy atom. The van der Waals surface area contributed by atoms with Crippen LogP contribution >= 0.6 is 23.0 Å². The molecule has 3 unspecified atom stereocenters. The number of nitrogens with two attached hydrogens (primary N) is 2. The molecule has 0 amide bonds. The van der Waals surface area contributed by atoms with Gasteiger partial charge in [-0.15, -0.1) is 0 Å². The van der Waals surface area contributed by atoms with Crippen LogP contribution in [0.4, 0.5) is 5.82 Å². The van der Waals surface area contributed by atoms with E-state index < -0.39 is 59.6 Å². The standard InChI is InChI=1S/C14H23N4O12P3/c15-4-2-1-3-9-6-18(14(20)17-13(9)16)12-5-10(19)11(29-12)7-28-33(26,27)30-32(24,25)8-31(21,22)23/h6,10-12,19H,2,4-5,7-8,15H2,(H,24,25)(H,26,27)(H2,16,17,20)(H2,21,22,23)/p-3/t10-,11+,12+/m0/s1. The molecule has 2 rings (SSSR count). The van der Waals surface area contributed by atoms with Crippen LogP contribution in [0, 0.1) is 11.8 Å². The third-order valence-corrected chi connectivity index (χ3v) is 9.04. The van der Waals surface area contributed by atoms with Crippen molar-refractivity contribution in [2.45, 2.75) is 31.3 Å². The van der Waals surface area contributed by atoms with Gasteiger partial charge in [-0.25, -0.2) is 4.79 Å². The van der Waals surface area contributed by atoms with E-state index >= 15 is 0 Å². The lowest BCUT2D eigenvalue weighted by molar-refractivity contribution is -0.234. The summed E-state index contributed by atoms with van der Waals surface area (Å²) in [5.41, 5.74) is 10.4. The van der Waals surface area contributed by atoms with Gasteiger partial charge in [0.1, 0.15) is 25.7 Å². The molecule has 19 heteroatoms. The van der Waals surface area contributed by atoms with Crippen molar-refractivity contribution in [3.8, 4) is 11.8 Å². The normalized spacial score (nSPS) is 25.9. The summed E-state index contributed by atoms with van der Waals surface area (Å²) in [7, 11) is -16.6. The van der Waals surface area contributed by atoms with Crippen LogP contribution in [-0.2, 0) is 27.3 Å². The van der Waals surface area contributed by atoms with E-state index in [2.05, 4.69) is 25.7 Å². The summed E-state index contributed by atoms with van der Waals surface area (Å²) in [4.78, 5) is 58.1. The van der Waals surface area contributed by atoms with E-state index in [1.807, 2.05) is 0 Å². The van der Waals surface area contributed by atoms with Crippen LogP contribution in [0.5, 0.6) is 0 Å². The van der Waals surface area contributed by atoms with Gasteiger partial charge in [-0.2, -0.15) is 4.98 Å². The third-order valence-electron chi connectivity index (χ3n) is 3.96. The van der Waals surface area contributed by atoms with Crippen molar-refractivity contribution in [3.63, 3.8) is 0 Å². The molecule has 1 aromatic heterocycles. The number of hydrogen-bond donors (Lipinski definition) is 4.